The van der Waals surface area contributed by atoms with Gasteiger partial charge < -0.3 is 15.2 Å². The first-order chi connectivity index (χ1) is 11.6. The molecule has 2 amide bonds. The maximum Gasteiger partial charge on any atom is 0.229 e. The SMILES string of the molecule is CC(=O)NCc1cccc([C@H]2CCCN2C(=O)Cc2cnc[nH]2)n1. The number of hydrogen-bond acceptors (Lipinski definition) is 4. The molecule has 2 aromatic rings. The van der Waals surface area contributed by atoms with E-state index in [4.69, 9.17) is 0 Å². The van der Waals surface area contributed by atoms with Gasteiger partial charge >= 0.3 is 0 Å². The van der Waals surface area contributed by atoms with Crippen molar-refractivity contribution in [1.82, 2.24) is 25.2 Å². The highest BCUT2D eigenvalue weighted by atomic mass is 16.2. The lowest BCUT2D eigenvalue weighted by Crippen LogP contribution is -2.32. The van der Waals surface area contributed by atoms with Crippen LogP contribution in [0, 0.1) is 0 Å². The van der Waals surface area contributed by atoms with Crippen molar-refractivity contribution in [3.05, 3.63) is 47.8 Å². The molecule has 1 aliphatic rings. The molecule has 1 fully saturated rings. The van der Waals surface area contributed by atoms with E-state index in [0.717, 1.165) is 36.5 Å². The number of nitrogens with zero attached hydrogens (tertiary/aromatic N) is 3. The van der Waals surface area contributed by atoms with Crippen LogP contribution in [0.4, 0.5) is 0 Å². The van der Waals surface area contributed by atoms with Crippen LogP contribution >= 0.6 is 0 Å². The highest BCUT2D eigenvalue weighted by Crippen LogP contribution is 2.31. The number of hydrogen-bond donors (Lipinski definition) is 2. The lowest BCUT2D eigenvalue weighted by atomic mass is 10.1. The van der Waals surface area contributed by atoms with Crippen molar-refractivity contribution in [3.8, 4) is 0 Å². The van der Waals surface area contributed by atoms with Crippen LogP contribution < -0.4 is 5.32 Å². The minimum Gasteiger partial charge on any atom is -0.351 e. The van der Waals surface area contributed by atoms with Crippen molar-refractivity contribution in [3.63, 3.8) is 0 Å². The first-order valence-corrected chi connectivity index (χ1v) is 8.10. The highest BCUT2D eigenvalue weighted by Gasteiger charge is 2.31. The number of carbonyl (C=O) groups excluding carboxylic acids is 2. The number of imidazole rings is 1. The zero-order valence-corrected chi connectivity index (χ0v) is 13.7. The van der Waals surface area contributed by atoms with Gasteiger partial charge in [-0.05, 0) is 25.0 Å². The van der Waals surface area contributed by atoms with Crippen LogP contribution in [0.2, 0.25) is 0 Å². The monoisotopic (exact) mass is 327 g/mol. The molecule has 1 saturated heterocycles. The molecule has 2 N–H and O–H groups in total. The second kappa shape index (κ2) is 7.25. The van der Waals surface area contributed by atoms with E-state index in [1.165, 1.54) is 6.92 Å². The third-order valence-corrected chi connectivity index (χ3v) is 4.16. The quantitative estimate of drug-likeness (QED) is 0.867. The van der Waals surface area contributed by atoms with Gasteiger partial charge in [0.1, 0.15) is 0 Å². The molecular weight excluding hydrogens is 306 g/mol. The number of aromatic amines is 1. The fraction of sp³-hybridized carbons (Fsp3) is 0.412. The van der Waals surface area contributed by atoms with E-state index in [2.05, 4.69) is 20.3 Å². The number of carbonyl (C=O) groups is 2. The van der Waals surface area contributed by atoms with Gasteiger partial charge in [0.25, 0.3) is 0 Å². The van der Waals surface area contributed by atoms with Crippen LogP contribution in [0.3, 0.4) is 0 Å². The Morgan fingerprint density at radius 1 is 1.42 bits per heavy atom. The van der Waals surface area contributed by atoms with E-state index in [-0.39, 0.29) is 17.9 Å². The van der Waals surface area contributed by atoms with Gasteiger partial charge in [-0.15, -0.1) is 0 Å². The first-order valence-electron chi connectivity index (χ1n) is 8.10. The summed E-state index contributed by atoms with van der Waals surface area (Å²) in [5.41, 5.74) is 2.50. The first kappa shape index (κ1) is 16.2. The van der Waals surface area contributed by atoms with Crippen LogP contribution in [0.5, 0.6) is 0 Å². The summed E-state index contributed by atoms with van der Waals surface area (Å²) >= 11 is 0. The van der Waals surface area contributed by atoms with E-state index in [1.54, 1.807) is 12.5 Å². The lowest BCUT2D eigenvalue weighted by molar-refractivity contribution is -0.131. The standard InChI is InChI=1S/C17H21N5O2/c1-12(23)19-10-13-4-2-5-15(21-13)16-6-3-7-22(16)17(24)8-14-9-18-11-20-14/h2,4-5,9,11,16H,3,6-8,10H2,1H3,(H,18,20)(H,19,23)/t16-/m1/s1. The third-order valence-electron chi connectivity index (χ3n) is 4.16. The van der Waals surface area contributed by atoms with Gasteiger partial charge in [0, 0.05) is 25.4 Å². The molecule has 0 aliphatic carbocycles. The van der Waals surface area contributed by atoms with Crippen molar-refractivity contribution in [2.75, 3.05) is 6.54 Å². The molecule has 0 unspecified atom stereocenters. The Balaban J connectivity index is 1.71. The largest absolute Gasteiger partial charge is 0.351 e. The van der Waals surface area contributed by atoms with Crippen LogP contribution in [0.25, 0.3) is 0 Å². The molecule has 0 saturated carbocycles. The zero-order chi connectivity index (χ0) is 16.9. The average molecular weight is 327 g/mol. The summed E-state index contributed by atoms with van der Waals surface area (Å²) in [5, 5.41) is 2.75. The number of pyridine rings is 1. The molecule has 7 nitrogen and oxygen atoms in total. The molecule has 0 spiro atoms. The summed E-state index contributed by atoms with van der Waals surface area (Å²) in [5.74, 6) is -0.00440. The number of likely N-dealkylation sites (tertiary alicyclic amines) is 1. The summed E-state index contributed by atoms with van der Waals surface area (Å²) < 4.78 is 0. The van der Waals surface area contributed by atoms with Gasteiger partial charge in [0.05, 0.1) is 36.7 Å². The molecule has 2 aromatic heterocycles. The number of amides is 2. The van der Waals surface area contributed by atoms with E-state index in [0.29, 0.717) is 13.0 Å². The molecule has 1 aliphatic heterocycles. The van der Waals surface area contributed by atoms with E-state index < -0.39 is 0 Å². The molecule has 126 valence electrons. The van der Waals surface area contributed by atoms with Gasteiger partial charge in [-0.2, -0.15) is 0 Å². The number of aromatic nitrogens is 3. The molecular formula is C17H21N5O2. The van der Waals surface area contributed by atoms with Gasteiger partial charge in [-0.3, -0.25) is 14.6 Å². The minimum absolute atomic E-state index is 0.00213. The predicted octanol–water partition coefficient (Wildman–Crippen LogP) is 1.35. The number of nitrogens with one attached hydrogen (secondary N) is 2. The summed E-state index contributed by atoms with van der Waals surface area (Å²) in [4.78, 5) is 37.1. The Labute approximate surface area is 140 Å². The normalized spacial score (nSPS) is 17.0. The topological polar surface area (TPSA) is 91.0 Å². The second-order valence-electron chi connectivity index (χ2n) is 5.96. The van der Waals surface area contributed by atoms with Gasteiger partial charge in [0.2, 0.25) is 11.8 Å². The van der Waals surface area contributed by atoms with Crippen LogP contribution in [0.1, 0.15) is 42.9 Å². The zero-order valence-electron chi connectivity index (χ0n) is 13.7. The van der Waals surface area contributed by atoms with E-state index >= 15 is 0 Å². The van der Waals surface area contributed by atoms with Gasteiger partial charge in [0.15, 0.2) is 0 Å². The summed E-state index contributed by atoms with van der Waals surface area (Å²) in [6.45, 7) is 2.63. The fourth-order valence-electron chi connectivity index (χ4n) is 3.02. The van der Waals surface area contributed by atoms with E-state index in [1.807, 2.05) is 23.1 Å². The van der Waals surface area contributed by atoms with Gasteiger partial charge in [-0.1, -0.05) is 6.07 Å². The predicted molar refractivity (Wildman–Crippen MR) is 87.7 cm³/mol. The van der Waals surface area contributed by atoms with Crippen molar-refractivity contribution >= 4 is 11.8 Å². The Bertz CT molecular complexity index is 714. The second-order valence-corrected chi connectivity index (χ2v) is 5.96. The van der Waals surface area contributed by atoms with Crippen LogP contribution in [-0.4, -0.2) is 38.2 Å². The fourth-order valence-corrected chi connectivity index (χ4v) is 3.02. The highest BCUT2D eigenvalue weighted by molar-refractivity contribution is 5.79. The third kappa shape index (κ3) is 3.79. The Kier molecular flexibility index (Phi) is 4.88. The Hall–Kier alpha value is -2.70. The van der Waals surface area contributed by atoms with Crippen LogP contribution in [0.15, 0.2) is 30.7 Å². The summed E-state index contributed by atoms with van der Waals surface area (Å²) in [6, 6.07) is 5.75. The summed E-state index contributed by atoms with van der Waals surface area (Å²) in [7, 11) is 0. The maximum atomic E-state index is 12.6. The van der Waals surface area contributed by atoms with Crippen LogP contribution in [-0.2, 0) is 22.6 Å². The molecule has 7 heteroatoms. The molecule has 3 heterocycles. The maximum absolute atomic E-state index is 12.6. The van der Waals surface area contributed by atoms with E-state index in [9.17, 15) is 9.59 Å². The number of rotatable bonds is 5. The number of H-pyrrole nitrogens is 1. The summed E-state index contributed by atoms with van der Waals surface area (Å²) in [6.07, 6.45) is 5.46. The lowest BCUT2D eigenvalue weighted by Gasteiger charge is -2.24. The smallest absolute Gasteiger partial charge is 0.229 e. The molecule has 3 rings (SSSR count). The molecule has 24 heavy (non-hydrogen) atoms. The molecule has 0 radical (unpaired) electrons. The van der Waals surface area contributed by atoms with Crippen molar-refractivity contribution in [2.24, 2.45) is 0 Å². The minimum atomic E-state index is -0.0839. The van der Waals surface area contributed by atoms with Crippen molar-refractivity contribution in [1.29, 1.82) is 0 Å². The average Bonchev–Trinajstić information content (AvgIpc) is 3.24. The Morgan fingerprint density at radius 3 is 3.04 bits per heavy atom. The van der Waals surface area contributed by atoms with Crippen molar-refractivity contribution < 1.29 is 9.59 Å². The molecule has 1 atom stereocenters. The van der Waals surface area contributed by atoms with Gasteiger partial charge in [-0.25, -0.2) is 4.98 Å². The molecule has 0 bridgehead atoms. The Morgan fingerprint density at radius 2 is 2.29 bits per heavy atom. The van der Waals surface area contributed by atoms with Crippen molar-refractivity contribution in [2.45, 2.75) is 38.8 Å². The molecule has 0 aromatic carbocycles.